The third-order valence-corrected chi connectivity index (χ3v) is 3.60. The van der Waals surface area contributed by atoms with Gasteiger partial charge in [-0.05, 0) is 37.0 Å². The van der Waals surface area contributed by atoms with Crippen LogP contribution in [0.15, 0.2) is 18.2 Å². The smallest absolute Gasteiger partial charge is 0.238 e. The lowest BCUT2D eigenvalue weighted by Crippen LogP contribution is -2.37. The fourth-order valence-corrected chi connectivity index (χ4v) is 2.43. The molecule has 1 aromatic rings. The van der Waals surface area contributed by atoms with Crippen LogP contribution in [-0.2, 0) is 4.79 Å². The number of amides is 1. The quantitative estimate of drug-likeness (QED) is 0.793. The number of hydrogen-bond donors (Lipinski definition) is 2. The zero-order chi connectivity index (χ0) is 14.7. The van der Waals surface area contributed by atoms with Gasteiger partial charge in [0.1, 0.15) is 0 Å². The van der Waals surface area contributed by atoms with Crippen molar-refractivity contribution in [2.75, 3.05) is 24.1 Å². The normalized spacial score (nSPS) is 14.8. The molecular formula is C15H22ClN3O. The minimum Gasteiger partial charge on any atom is -0.399 e. The number of rotatable bonds is 6. The Morgan fingerprint density at radius 1 is 1.50 bits per heavy atom. The van der Waals surface area contributed by atoms with Crippen LogP contribution in [0.25, 0.3) is 0 Å². The van der Waals surface area contributed by atoms with E-state index in [2.05, 4.69) is 24.1 Å². The molecule has 110 valence electrons. The number of halogens is 1. The SMILES string of the molecule is CC(C)CN(CC(=O)Nc1cc(N)ccc1Cl)C1CC1. The molecule has 1 amide bonds. The number of nitrogens with zero attached hydrogens (tertiary/aromatic N) is 1. The third kappa shape index (κ3) is 4.39. The van der Waals surface area contributed by atoms with Crippen molar-refractivity contribution in [1.82, 2.24) is 4.90 Å². The molecular weight excluding hydrogens is 274 g/mol. The van der Waals surface area contributed by atoms with Gasteiger partial charge in [0.2, 0.25) is 5.91 Å². The summed E-state index contributed by atoms with van der Waals surface area (Å²) < 4.78 is 0. The van der Waals surface area contributed by atoms with E-state index in [1.54, 1.807) is 18.2 Å². The molecule has 3 N–H and O–H groups in total. The lowest BCUT2D eigenvalue weighted by Gasteiger charge is -2.23. The molecule has 4 nitrogen and oxygen atoms in total. The van der Waals surface area contributed by atoms with Crippen LogP contribution in [0.3, 0.4) is 0 Å². The maximum atomic E-state index is 12.1. The molecule has 5 heteroatoms. The number of nitrogens with two attached hydrogens (primary N) is 1. The third-order valence-electron chi connectivity index (χ3n) is 3.27. The summed E-state index contributed by atoms with van der Waals surface area (Å²) in [6, 6.07) is 5.66. The molecule has 0 unspecified atom stereocenters. The summed E-state index contributed by atoms with van der Waals surface area (Å²) in [5, 5.41) is 3.35. The largest absolute Gasteiger partial charge is 0.399 e. The molecule has 1 aliphatic rings. The second kappa shape index (κ2) is 6.46. The maximum Gasteiger partial charge on any atom is 0.238 e. The molecule has 20 heavy (non-hydrogen) atoms. The lowest BCUT2D eigenvalue weighted by atomic mass is 10.2. The van der Waals surface area contributed by atoms with Crippen molar-refractivity contribution in [1.29, 1.82) is 0 Å². The molecule has 1 aromatic carbocycles. The van der Waals surface area contributed by atoms with Gasteiger partial charge >= 0.3 is 0 Å². The van der Waals surface area contributed by atoms with E-state index in [4.69, 9.17) is 17.3 Å². The monoisotopic (exact) mass is 295 g/mol. The van der Waals surface area contributed by atoms with Crippen molar-refractivity contribution in [3.63, 3.8) is 0 Å². The van der Waals surface area contributed by atoms with Gasteiger partial charge in [0, 0.05) is 18.3 Å². The molecule has 0 spiro atoms. The maximum absolute atomic E-state index is 12.1. The number of benzene rings is 1. The standard InChI is InChI=1S/C15H22ClN3O/c1-10(2)8-19(12-4-5-12)9-15(20)18-14-7-11(17)3-6-13(14)16/h3,6-7,10,12H,4-5,8-9,17H2,1-2H3,(H,18,20). The Kier molecular flexibility index (Phi) is 4.89. The van der Waals surface area contributed by atoms with Crippen molar-refractivity contribution in [2.24, 2.45) is 5.92 Å². The number of nitrogens with one attached hydrogen (secondary N) is 1. The van der Waals surface area contributed by atoms with Crippen molar-refractivity contribution < 1.29 is 4.79 Å². The molecule has 0 bridgehead atoms. The number of carbonyl (C=O) groups excluding carboxylic acids is 1. The van der Waals surface area contributed by atoms with Crippen LogP contribution in [0, 0.1) is 5.92 Å². The fourth-order valence-electron chi connectivity index (χ4n) is 2.26. The first-order valence-corrected chi connectivity index (χ1v) is 7.42. The number of carbonyl (C=O) groups is 1. The van der Waals surface area contributed by atoms with Crippen molar-refractivity contribution in [3.8, 4) is 0 Å². The van der Waals surface area contributed by atoms with Crippen molar-refractivity contribution in [2.45, 2.75) is 32.7 Å². The van der Waals surface area contributed by atoms with E-state index in [9.17, 15) is 4.79 Å². The Labute approximate surface area is 125 Å². The van der Waals surface area contributed by atoms with Crippen LogP contribution in [-0.4, -0.2) is 29.9 Å². The highest BCUT2D eigenvalue weighted by atomic mass is 35.5. The van der Waals surface area contributed by atoms with Gasteiger partial charge in [-0.2, -0.15) is 0 Å². The summed E-state index contributed by atoms with van der Waals surface area (Å²) in [7, 11) is 0. The molecule has 1 fully saturated rings. The summed E-state index contributed by atoms with van der Waals surface area (Å²) in [4.78, 5) is 14.4. The van der Waals surface area contributed by atoms with E-state index in [0.717, 1.165) is 6.54 Å². The predicted octanol–water partition coefficient (Wildman–Crippen LogP) is 2.98. The molecule has 0 saturated heterocycles. The van der Waals surface area contributed by atoms with Crippen LogP contribution in [0.4, 0.5) is 11.4 Å². The predicted molar refractivity (Wildman–Crippen MR) is 83.9 cm³/mol. The molecule has 0 aliphatic heterocycles. The molecule has 0 radical (unpaired) electrons. The van der Waals surface area contributed by atoms with E-state index in [1.807, 2.05) is 0 Å². The first-order chi connectivity index (χ1) is 9.45. The van der Waals surface area contributed by atoms with E-state index >= 15 is 0 Å². The minimum atomic E-state index is -0.0370. The van der Waals surface area contributed by atoms with Crippen LogP contribution < -0.4 is 11.1 Å². The van der Waals surface area contributed by atoms with Gasteiger partial charge in [-0.15, -0.1) is 0 Å². The molecule has 0 atom stereocenters. The number of nitrogen functional groups attached to an aromatic ring is 1. The average molecular weight is 296 g/mol. The van der Waals surface area contributed by atoms with Gasteiger partial charge in [0.05, 0.1) is 17.3 Å². The Morgan fingerprint density at radius 2 is 2.20 bits per heavy atom. The molecule has 1 aliphatic carbocycles. The first kappa shape index (κ1) is 15.1. The van der Waals surface area contributed by atoms with Gasteiger partial charge in [0.15, 0.2) is 0 Å². The average Bonchev–Trinajstić information content (AvgIpc) is 3.16. The lowest BCUT2D eigenvalue weighted by molar-refractivity contribution is -0.117. The van der Waals surface area contributed by atoms with Crippen LogP contribution >= 0.6 is 11.6 Å². The summed E-state index contributed by atoms with van der Waals surface area (Å²) >= 11 is 6.05. The van der Waals surface area contributed by atoms with Crippen molar-refractivity contribution >= 4 is 28.9 Å². The van der Waals surface area contributed by atoms with Crippen molar-refractivity contribution in [3.05, 3.63) is 23.2 Å². The van der Waals surface area contributed by atoms with E-state index < -0.39 is 0 Å². The Balaban J connectivity index is 1.95. The van der Waals surface area contributed by atoms with Gasteiger partial charge in [-0.3, -0.25) is 9.69 Å². The van der Waals surface area contributed by atoms with E-state index in [0.29, 0.717) is 34.9 Å². The molecule has 1 saturated carbocycles. The van der Waals surface area contributed by atoms with E-state index in [-0.39, 0.29) is 5.91 Å². The van der Waals surface area contributed by atoms with Crippen LogP contribution in [0.1, 0.15) is 26.7 Å². The number of anilines is 2. The molecule has 0 aromatic heterocycles. The highest BCUT2D eigenvalue weighted by Crippen LogP contribution is 2.28. The Morgan fingerprint density at radius 3 is 2.80 bits per heavy atom. The Bertz CT molecular complexity index is 486. The molecule has 2 rings (SSSR count). The highest BCUT2D eigenvalue weighted by Gasteiger charge is 2.30. The summed E-state index contributed by atoms with van der Waals surface area (Å²) in [6.07, 6.45) is 2.39. The summed E-state index contributed by atoms with van der Waals surface area (Å²) in [5.74, 6) is 0.518. The number of hydrogen-bond acceptors (Lipinski definition) is 3. The second-order valence-corrected chi connectivity index (χ2v) is 6.25. The van der Waals surface area contributed by atoms with Gasteiger partial charge in [0.25, 0.3) is 0 Å². The van der Waals surface area contributed by atoms with E-state index in [1.165, 1.54) is 12.8 Å². The molecule has 0 heterocycles. The summed E-state index contributed by atoms with van der Waals surface area (Å²) in [5.41, 5.74) is 6.88. The second-order valence-electron chi connectivity index (χ2n) is 5.84. The highest BCUT2D eigenvalue weighted by molar-refractivity contribution is 6.33. The van der Waals surface area contributed by atoms with Crippen LogP contribution in [0.2, 0.25) is 5.02 Å². The Hall–Kier alpha value is -1.26. The van der Waals surface area contributed by atoms with Gasteiger partial charge in [-0.25, -0.2) is 0 Å². The van der Waals surface area contributed by atoms with Gasteiger partial charge < -0.3 is 11.1 Å². The first-order valence-electron chi connectivity index (χ1n) is 7.04. The zero-order valence-electron chi connectivity index (χ0n) is 12.0. The fraction of sp³-hybridized carbons (Fsp3) is 0.533. The topological polar surface area (TPSA) is 58.4 Å². The summed E-state index contributed by atoms with van der Waals surface area (Å²) in [6.45, 7) is 5.70. The van der Waals surface area contributed by atoms with Crippen LogP contribution in [0.5, 0.6) is 0 Å². The zero-order valence-corrected chi connectivity index (χ0v) is 12.8. The minimum absolute atomic E-state index is 0.0370. The van der Waals surface area contributed by atoms with Gasteiger partial charge in [-0.1, -0.05) is 25.4 Å².